The van der Waals surface area contributed by atoms with E-state index in [9.17, 15) is 19.5 Å². The standard InChI is InChI=1S/C16H24N2O5/c19-13-8-12(16(22)23-13)18-15(21)11(7-9-3-1-2-4-9)17-14(20)10-5-6-10/h9-12,16,22H,1-8H2,(H,17,20)(H,18,21)/t11-,12-,16?/m0/s1. The third-order valence-electron chi connectivity index (χ3n) is 4.94. The Morgan fingerprint density at radius 1 is 1.22 bits per heavy atom. The summed E-state index contributed by atoms with van der Waals surface area (Å²) in [6.07, 6.45) is 5.52. The van der Waals surface area contributed by atoms with E-state index >= 15 is 0 Å². The highest BCUT2D eigenvalue weighted by molar-refractivity contribution is 5.90. The first kappa shape index (κ1) is 16.2. The summed E-state index contributed by atoms with van der Waals surface area (Å²) in [5.41, 5.74) is 0. The second kappa shape index (κ2) is 6.86. The van der Waals surface area contributed by atoms with Gasteiger partial charge in [0, 0.05) is 5.92 Å². The molecule has 1 unspecified atom stereocenters. The predicted molar refractivity (Wildman–Crippen MR) is 79.9 cm³/mol. The van der Waals surface area contributed by atoms with E-state index in [2.05, 4.69) is 15.4 Å². The summed E-state index contributed by atoms with van der Waals surface area (Å²) in [4.78, 5) is 35.7. The molecule has 2 saturated carbocycles. The second-order valence-electron chi connectivity index (χ2n) is 6.92. The monoisotopic (exact) mass is 324 g/mol. The topological polar surface area (TPSA) is 105 Å². The lowest BCUT2D eigenvalue weighted by atomic mass is 9.97. The molecule has 1 saturated heterocycles. The van der Waals surface area contributed by atoms with Gasteiger partial charge in [0.15, 0.2) is 0 Å². The van der Waals surface area contributed by atoms with Gasteiger partial charge in [-0.2, -0.15) is 0 Å². The van der Waals surface area contributed by atoms with Crippen LogP contribution in [-0.4, -0.2) is 41.3 Å². The van der Waals surface area contributed by atoms with Crippen molar-refractivity contribution in [3.05, 3.63) is 0 Å². The van der Waals surface area contributed by atoms with E-state index in [1.807, 2.05) is 0 Å². The Kier molecular flexibility index (Phi) is 4.84. The van der Waals surface area contributed by atoms with E-state index in [1.165, 1.54) is 12.8 Å². The summed E-state index contributed by atoms with van der Waals surface area (Å²) in [7, 11) is 0. The van der Waals surface area contributed by atoms with Crippen LogP contribution in [0.5, 0.6) is 0 Å². The number of rotatable bonds is 6. The van der Waals surface area contributed by atoms with E-state index in [0.717, 1.165) is 25.7 Å². The van der Waals surface area contributed by atoms with Gasteiger partial charge < -0.3 is 20.5 Å². The maximum absolute atomic E-state index is 12.5. The summed E-state index contributed by atoms with van der Waals surface area (Å²) < 4.78 is 4.63. The first-order valence-electron chi connectivity index (χ1n) is 8.51. The average Bonchev–Trinajstić information content (AvgIpc) is 3.15. The van der Waals surface area contributed by atoms with Gasteiger partial charge in [0.05, 0.1) is 6.42 Å². The Morgan fingerprint density at radius 3 is 2.48 bits per heavy atom. The molecule has 1 aliphatic heterocycles. The smallest absolute Gasteiger partial charge is 0.310 e. The van der Waals surface area contributed by atoms with Gasteiger partial charge in [0.25, 0.3) is 0 Å². The summed E-state index contributed by atoms with van der Waals surface area (Å²) in [6, 6.07) is -1.34. The highest BCUT2D eigenvalue weighted by atomic mass is 16.6. The first-order valence-corrected chi connectivity index (χ1v) is 8.51. The van der Waals surface area contributed by atoms with Gasteiger partial charge in [-0.15, -0.1) is 0 Å². The fourth-order valence-electron chi connectivity index (χ4n) is 3.40. The Balaban J connectivity index is 1.59. The molecule has 3 N–H and O–H groups in total. The normalized spacial score (nSPS) is 29.2. The van der Waals surface area contributed by atoms with Crippen LogP contribution in [-0.2, 0) is 19.1 Å². The molecule has 0 spiro atoms. The van der Waals surface area contributed by atoms with Crippen LogP contribution in [0.1, 0.15) is 51.4 Å². The van der Waals surface area contributed by atoms with Crippen LogP contribution in [0.15, 0.2) is 0 Å². The number of esters is 1. The lowest BCUT2D eigenvalue weighted by molar-refractivity contribution is -0.155. The largest absolute Gasteiger partial charge is 0.434 e. The molecule has 7 heteroatoms. The van der Waals surface area contributed by atoms with Crippen molar-refractivity contribution in [3.63, 3.8) is 0 Å². The number of nitrogens with one attached hydrogen (secondary N) is 2. The number of carbonyl (C=O) groups is 3. The summed E-state index contributed by atoms with van der Waals surface area (Å²) in [5, 5.41) is 15.1. The third kappa shape index (κ3) is 4.22. The van der Waals surface area contributed by atoms with Gasteiger partial charge in [0.1, 0.15) is 12.1 Å². The van der Waals surface area contributed by atoms with Crippen molar-refractivity contribution in [1.29, 1.82) is 0 Å². The molecule has 0 aromatic carbocycles. The van der Waals surface area contributed by atoms with Crippen molar-refractivity contribution in [2.75, 3.05) is 0 Å². The lowest BCUT2D eigenvalue weighted by Crippen LogP contribution is -2.52. The van der Waals surface area contributed by atoms with Crippen LogP contribution in [0.25, 0.3) is 0 Å². The summed E-state index contributed by atoms with van der Waals surface area (Å²) in [6.45, 7) is 0. The van der Waals surface area contributed by atoms with E-state index < -0.39 is 24.3 Å². The maximum Gasteiger partial charge on any atom is 0.310 e. The number of cyclic esters (lactones) is 1. The van der Waals surface area contributed by atoms with Gasteiger partial charge in [-0.05, 0) is 25.2 Å². The number of hydrogen-bond donors (Lipinski definition) is 3. The Morgan fingerprint density at radius 2 is 1.91 bits per heavy atom. The van der Waals surface area contributed by atoms with Crippen LogP contribution >= 0.6 is 0 Å². The van der Waals surface area contributed by atoms with Crippen molar-refractivity contribution >= 4 is 17.8 Å². The fraction of sp³-hybridized carbons (Fsp3) is 0.812. The quantitative estimate of drug-likeness (QED) is 0.606. The average molecular weight is 324 g/mol. The van der Waals surface area contributed by atoms with Crippen molar-refractivity contribution in [3.8, 4) is 0 Å². The van der Waals surface area contributed by atoms with Crippen LogP contribution in [0.4, 0.5) is 0 Å². The molecule has 3 fully saturated rings. The number of amides is 2. The van der Waals surface area contributed by atoms with E-state index in [4.69, 9.17) is 0 Å². The maximum atomic E-state index is 12.5. The molecule has 23 heavy (non-hydrogen) atoms. The minimum atomic E-state index is -1.31. The van der Waals surface area contributed by atoms with Gasteiger partial charge in [-0.25, -0.2) is 0 Å². The molecule has 2 aliphatic carbocycles. The molecule has 0 bridgehead atoms. The molecular weight excluding hydrogens is 300 g/mol. The predicted octanol–water partition coefficient (Wildman–Crippen LogP) is 0.212. The Bertz CT molecular complexity index is 485. The number of ether oxygens (including phenoxy) is 1. The molecule has 3 rings (SSSR count). The number of hydrogen-bond acceptors (Lipinski definition) is 5. The zero-order valence-electron chi connectivity index (χ0n) is 13.1. The van der Waals surface area contributed by atoms with Crippen molar-refractivity contribution in [2.45, 2.75) is 69.7 Å². The van der Waals surface area contributed by atoms with Crippen molar-refractivity contribution < 1.29 is 24.2 Å². The van der Waals surface area contributed by atoms with Crippen molar-refractivity contribution in [2.24, 2.45) is 11.8 Å². The van der Waals surface area contributed by atoms with Crippen LogP contribution in [0.2, 0.25) is 0 Å². The van der Waals surface area contributed by atoms with Gasteiger partial charge >= 0.3 is 5.97 Å². The molecule has 1 heterocycles. The highest BCUT2D eigenvalue weighted by Gasteiger charge is 2.38. The summed E-state index contributed by atoms with van der Waals surface area (Å²) in [5.74, 6) is -0.458. The zero-order valence-corrected chi connectivity index (χ0v) is 13.1. The Labute approximate surface area is 135 Å². The fourth-order valence-corrected chi connectivity index (χ4v) is 3.40. The first-order chi connectivity index (χ1) is 11.0. The molecule has 0 aromatic heterocycles. The van der Waals surface area contributed by atoms with E-state index in [0.29, 0.717) is 12.3 Å². The van der Waals surface area contributed by atoms with Crippen LogP contribution in [0, 0.1) is 11.8 Å². The number of carbonyl (C=O) groups excluding carboxylic acids is 3. The summed E-state index contributed by atoms with van der Waals surface area (Å²) >= 11 is 0. The molecule has 3 atom stereocenters. The minimum absolute atomic E-state index is 0.0378. The van der Waals surface area contributed by atoms with E-state index in [-0.39, 0.29) is 24.2 Å². The van der Waals surface area contributed by atoms with Crippen LogP contribution < -0.4 is 10.6 Å². The Hall–Kier alpha value is -1.63. The lowest BCUT2D eigenvalue weighted by Gasteiger charge is -2.23. The number of aliphatic hydroxyl groups is 1. The zero-order chi connectivity index (χ0) is 16.4. The van der Waals surface area contributed by atoms with Crippen LogP contribution in [0.3, 0.4) is 0 Å². The van der Waals surface area contributed by atoms with Crippen molar-refractivity contribution in [1.82, 2.24) is 10.6 Å². The van der Waals surface area contributed by atoms with Gasteiger partial charge in [-0.1, -0.05) is 25.7 Å². The second-order valence-corrected chi connectivity index (χ2v) is 6.92. The molecule has 0 aromatic rings. The molecule has 3 aliphatic rings. The third-order valence-corrected chi connectivity index (χ3v) is 4.94. The molecule has 128 valence electrons. The molecule has 0 radical (unpaired) electrons. The highest BCUT2D eigenvalue weighted by Crippen LogP contribution is 2.31. The molecule has 7 nitrogen and oxygen atoms in total. The molecular formula is C16H24N2O5. The van der Waals surface area contributed by atoms with Gasteiger partial charge in [0.2, 0.25) is 18.1 Å². The van der Waals surface area contributed by atoms with E-state index in [1.54, 1.807) is 0 Å². The molecule has 2 amide bonds. The number of aliphatic hydroxyl groups excluding tert-OH is 1. The van der Waals surface area contributed by atoms with Gasteiger partial charge in [-0.3, -0.25) is 14.4 Å². The minimum Gasteiger partial charge on any atom is -0.434 e. The SMILES string of the molecule is O=C1C[C@H](NC(=O)[C@H](CC2CCCC2)NC(=O)C2CC2)C(O)O1.